The van der Waals surface area contributed by atoms with Crippen molar-refractivity contribution in [2.45, 2.75) is 26.0 Å². The van der Waals surface area contributed by atoms with Crippen LogP contribution in [-0.2, 0) is 14.4 Å². The van der Waals surface area contributed by atoms with Gasteiger partial charge in [0.2, 0.25) is 5.91 Å². The van der Waals surface area contributed by atoms with Gasteiger partial charge in [-0.15, -0.1) is 0 Å². The maximum Gasteiger partial charge on any atom is 0.266 e. The van der Waals surface area contributed by atoms with Gasteiger partial charge in [0, 0.05) is 10.6 Å². The van der Waals surface area contributed by atoms with E-state index in [4.69, 9.17) is 16.4 Å². The lowest BCUT2D eigenvalue weighted by atomic mass is 9.90. The van der Waals surface area contributed by atoms with Gasteiger partial charge in [-0.1, -0.05) is 53.6 Å². The summed E-state index contributed by atoms with van der Waals surface area (Å²) in [6.45, 7) is 3.79. The highest BCUT2D eigenvalue weighted by molar-refractivity contribution is 6.31. The van der Waals surface area contributed by atoms with Gasteiger partial charge in [-0.05, 0) is 49.7 Å². The molecular formula is C25H20ClFN2O3. The second kappa shape index (κ2) is 7.73. The molecule has 0 unspecified atom stereocenters. The number of para-hydroxylation sites is 1. The zero-order valence-corrected chi connectivity index (χ0v) is 18.2. The van der Waals surface area contributed by atoms with Crippen molar-refractivity contribution in [1.29, 1.82) is 0 Å². The lowest BCUT2D eigenvalue weighted by molar-refractivity contribution is -0.126. The number of hydrogen-bond donors (Lipinski definition) is 0. The zero-order valence-electron chi connectivity index (χ0n) is 17.5. The van der Waals surface area contributed by atoms with Crippen molar-refractivity contribution in [3.05, 3.63) is 94.3 Å². The number of carbonyl (C=O) groups excluding carboxylic acids is 2. The quantitative estimate of drug-likeness (QED) is 0.518. The van der Waals surface area contributed by atoms with E-state index in [1.165, 1.54) is 17.2 Å². The third-order valence-corrected chi connectivity index (χ3v) is 6.34. The number of hydroxylamine groups is 1. The number of amides is 2. The van der Waals surface area contributed by atoms with Crippen molar-refractivity contribution in [2.24, 2.45) is 5.92 Å². The van der Waals surface area contributed by atoms with Gasteiger partial charge in [0.15, 0.2) is 6.10 Å². The molecule has 5 nitrogen and oxygen atoms in total. The first-order valence-electron chi connectivity index (χ1n) is 10.3. The minimum absolute atomic E-state index is 0.133. The maximum atomic E-state index is 15.0. The minimum Gasteiger partial charge on any atom is -0.273 e. The number of nitrogens with zero attached hydrogens (tertiary/aromatic N) is 2. The summed E-state index contributed by atoms with van der Waals surface area (Å²) in [7, 11) is 0. The van der Waals surface area contributed by atoms with Gasteiger partial charge >= 0.3 is 0 Å². The van der Waals surface area contributed by atoms with Crippen LogP contribution in [0.15, 0.2) is 66.7 Å². The number of hydrogen-bond acceptors (Lipinski definition) is 4. The second-order valence-corrected chi connectivity index (χ2v) is 8.50. The summed E-state index contributed by atoms with van der Waals surface area (Å²) in [5, 5.41) is 1.61. The molecular weight excluding hydrogens is 431 g/mol. The molecule has 0 radical (unpaired) electrons. The van der Waals surface area contributed by atoms with E-state index in [0.717, 1.165) is 16.0 Å². The van der Waals surface area contributed by atoms with Crippen LogP contribution in [0.5, 0.6) is 0 Å². The summed E-state index contributed by atoms with van der Waals surface area (Å²) in [5.74, 6) is -2.41. The molecule has 2 aliphatic heterocycles. The number of aryl methyl sites for hydroxylation is 2. The highest BCUT2D eigenvalue weighted by Gasteiger charge is 2.61. The van der Waals surface area contributed by atoms with Crippen molar-refractivity contribution in [2.75, 3.05) is 9.96 Å². The summed E-state index contributed by atoms with van der Waals surface area (Å²) >= 11 is 6.40. The predicted molar refractivity (Wildman–Crippen MR) is 120 cm³/mol. The molecule has 2 heterocycles. The fourth-order valence-corrected chi connectivity index (χ4v) is 4.87. The van der Waals surface area contributed by atoms with E-state index in [-0.39, 0.29) is 10.6 Å². The van der Waals surface area contributed by atoms with Crippen LogP contribution in [0.4, 0.5) is 15.8 Å². The van der Waals surface area contributed by atoms with Crippen LogP contribution in [0, 0.1) is 25.6 Å². The van der Waals surface area contributed by atoms with Gasteiger partial charge in [0.25, 0.3) is 5.91 Å². The Bertz CT molecular complexity index is 1210. The minimum atomic E-state index is -1.08. The first-order valence-corrected chi connectivity index (χ1v) is 10.7. The third-order valence-electron chi connectivity index (χ3n) is 6.01. The molecule has 5 rings (SSSR count). The van der Waals surface area contributed by atoms with E-state index in [9.17, 15) is 9.59 Å². The molecule has 2 amide bonds. The largest absolute Gasteiger partial charge is 0.273 e. The molecule has 2 saturated heterocycles. The molecule has 0 aromatic heterocycles. The molecule has 0 bridgehead atoms. The smallest absolute Gasteiger partial charge is 0.266 e. The number of anilines is 2. The average molecular weight is 451 g/mol. The van der Waals surface area contributed by atoms with Crippen LogP contribution in [0.25, 0.3) is 0 Å². The molecule has 2 fully saturated rings. The molecule has 0 spiro atoms. The van der Waals surface area contributed by atoms with Crippen LogP contribution in [0.2, 0.25) is 5.02 Å². The highest BCUT2D eigenvalue weighted by atomic mass is 35.5. The molecule has 0 aliphatic carbocycles. The fraction of sp³-hybridized carbons (Fsp3) is 0.200. The fourth-order valence-electron chi connectivity index (χ4n) is 4.59. The van der Waals surface area contributed by atoms with Crippen molar-refractivity contribution in [3.63, 3.8) is 0 Å². The van der Waals surface area contributed by atoms with E-state index in [0.29, 0.717) is 11.4 Å². The monoisotopic (exact) mass is 450 g/mol. The molecule has 162 valence electrons. The standard InChI is InChI=1S/C25H20ClFN2O3/c1-14-11-12-19(15(2)13-14)28-24(30)21-22(20-17(26)9-6-10-18(20)27)29(32-23(21)25(28)31)16-7-4-3-5-8-16/h3-13,21-23H,1-2H3/t21-,22-,23-/m0/s1. The summed E-state index contributed by atoms with van der Waals surface area (Å²) in [6.07, 6.45) is -1.08. The summed E-state index contributed by atoms with van der Waals surface area (Å²) < 4.78 is 15.0. The zero-order chi connectivity index (χ0) is 22.6. The molecule has 0 saturated carbocycles. The SMILES string of the molecule is Cc1ccc(N2C(=O)[C@@H]3[C@H](ON(c4ccccc4)[C@H]3c3c(F)cccc3Cl)C2=O)c(C)c1. The molecule has 2 aliphatic rings. The molecule has 0 N–H and O–H groups in total. The Labute approximate surface area is 189 Å². The number of halogens is 2. The number of fused-ring (bicyclic) bond motifs is 1. The van der Waals surface area contributed by atoms with Crippen molar-refractivity contribution < 1.29 is 18.8 Å². The normalized spacial score (nSPS) is 22.6. The van der Waals surface area contributed by atoms with Crippen molar-refractivity contribution in [1.82, 2.24) is 0 Å². The predicted octanol–water partition coefficient (Wildman–Crippen LogP) is 5.15. The summed E-state index contributed by atoms with van der Waals surface area (Å²) in [5.41, 5.74) is 3.06. The van der Waals surface area contributed by atoms with Gasteiger partial charge < -0.3 is 0 Å². The molecule has 3 aromatic carbocycles. The Hall–Kier alpha value is -3.22. The first-order chi connectivity index (χ1) is 15.4. The molecule has 3 aromatic rings. The van der Waals surface area contributed by atoms with Crippen LogP contribution >= 0.6 is 11.6 Å². The van der Waals surface area contributed by atoms with Gasteiger partial charge in [-0.25, -0.2) is 14.4 Å². The molecule has 3 atom stereocenters. The number of carbonyl (C=O) groups is 2. The Morgan fingerprint density at radius 3 is 2.38 bits per heavy atom. The van der Waals surface area contributed by atoms with Gasteiger partial charge in [-0.3, -0.25) is 14.4 Å². The second-order valence-electron chi connectivity index (χ2n) is 8.10. The Balaban J connectivity index is 1.64. The van der Waals surface area contributed by atoms with Crippen LogP contribution in [-0.4, -0.2) is 17.9 Å². The number of imide groups is 1. The average Bonchev–Trinajstić information content (AvgIpc) is 3.26. The van der Waals surface area contributed by atoms with Crippen LogP contribution in [0.3, 0.4) is 0 Å². The van der Waals surface area contributed by atoms with Gasteiger partial charge in [0.1, 0.15) is 17.8 Å². The Kier molecular flexibility index (Phi) is 4.99. The van der Waals surface area contributed by atoms with Crippen molar-refractivity contribution >= 4 is 34.8 Å². The third kappa shape index (κ3) is 3.10. The van der Waals surface area contributed by atoms with Gasteiger partial charge in [0.05, 0.1) is 11.4 Å². The van der Waals surface area contributed by atoms with Crippen molar-refractivity contribution in [3.8, 4) is 0 Å². The van der Waals surface area contributed by atoms with Crippen LogP contribution < -0.4 is 9.96 Å². The molecule has 7 heteroatoms. The Morgan fingerprint density at radius 1 is 0.938 bits per heavy atom. The topological polar surface area (TPSA) is 49.9 Å². The van der Waals surface area contributed by atoms with E-state index < -0.39 is 35.7 Å². The highest BCUT2D eigenvalue weighted by Crippen LogP contribution is 2.49. The van der Waals surface area contributed by atoms with Gasteiger partial charge in [-0.2, -0.15) is 0 Å². The maximum absolute atomic E-state index is 15.0. The van der Waals surface area contributed by atoms with E-state index in [2.05, 4.69) is 0 Å². The first kappa shape index (κ1) is 20.7. The van der Waals surface area contributed by atoms with E-state index in [1.807, 2.05) is 32.0 Å². The molecule has 32 heavy (non-hydrogen) atoms. The Morgan fingerprint density at radius 2 is 1.69 bits per heavy atom. The number of benzene rings is 3. The van der Waals surface area contributed by atoms with E-state index >= 15 is 4.39 Å². The van der Waals surface area contributed by atoms with Crippen LogP contribution in [0.1, 0.15) is 22.7 Å². The van der Waals surface area contributed by atoms with E-state index in [1.54, 1.807) is 36.4 Å². The summed E-state index contributed by atoms with van der Waals surface area (Å²) in [6, 6.07) is 18.0. The lowest BCUT2D eigenvalue weighted by Crippen LogP contribution is -2.38. The summed E-state index contributed by atoms with van der Waals surface area (Å²) in [4.78, 5) is 34.2. The lowest BCUT2D eigenvalue weighted by Gasteiger charge is -2.29. The number of rotatable bonds is 3.